The number of benzene rings is 2. The quantitative estimate of drug-likeness (QED) is 0.524. The zero-order valence-corrected chi connectivity index (χ0v) is 18.4. The number of imidazole rings is 1. The monoisotopic (exact) mass is 439 g/mol. The standard InChI is InChI=1S/C25H27ClFN3O/c1-17-28-9-10-30(17)23-12-19-15-29(14-18-5-4-6-21(26)11-18)16-20(19)13-25(23)31-24-8-3-2-7-22(24)27/h2-11,19-20,23,25H,12-16H2,1H3/t19-,20+,23-,25-/m0/s1. The van der Waals surface area contributed by atoms with Gasteiger partial charge in [-0.2, -0.15) is 0 Å². The average Bonchev–Trinajstić information content (AvgIpc) is 3.34. The molecule has 2 aromatic carbocycles. The first-order chi connectivity index (χ1) is 15.1. The van der Waals surface area contributed by atoms with Crippen LogP contribution in [-0.2, 0) is 6.54 Å². The maximum Gasteiger partial charge on any atom is 0.165 e. The maximum atomic E-state index is 14.3. The van der Waals surface area contributed by atoms with Crippen LogP contribution in [0.25, 0.3) is 0 Å². The molecule has 0 unspecified atom stereocenters. The van der Waals surface area contributed by atoms with Crippen LogP contribution in [0.2, 0.25) is 5.02 Å². The number of halogens is 2. The number of hydrogen-bond donors (Lipinski definition) is 0. The Kier molecular flexibility index (Phi) is 5.72. The lowest BCUT2D eigenvalue weighted by Gasteiger charge is -2.39. The average molecular weight is 440 g/mol. The lowest BCUT2D eigenvalue weighted by atomic mass is 9.77. The highest BCUT2D eigenvalue weighted by Gasteiger charge is 2.44. The van der Waals surface area contributed by atoms with E-state index in [0.717, 1.165) is 43.3 Å². The number of para-hydroxylation sites is 1. The molecular weight excluding hydrogens is 413 g/mol. The van der Waals surface area contributed by atoms with Crippen LogP contribution < -0.4 is 4.74 Å². The molecule has 5 rings (SSSR count). The maximum absolute atomic E-state index is 14.3. The number of likely N-dealkylation sites (tertiary alicyclic amines) is 1. The van der Waals surface area contributed by atoms with E-state index in [-0.39, 0.29) is 18.0 Å². The molecule has 6 heteroatoms. The Morgan fingerprint density at radius 2 is 1.90 bits per heavy atom. The van der Waals surface area contributed by atoms with E-state index < -0.39 is 0 Å². The molecule has 2 fully saturated rings. The number of hydrogen-bond acceptors (Lipinski definition) is 3. The Balaban J connectivity index is 1.36. The summed E-state index contributed by atoms with van der Waals surface area (Å²) in [4.78, 5) is 6.94. The van der Waals surface area contributed by atoms with Crippen LogP contribution in [0.3, 0.4) is 0 Å². The topological polar surface area (TPSA) is 30.3 Å². The van der Waals surface area contributed by atoms with Crippen LogP contribution in [0, 0.1) is 24.6 Å². The van der Waals surface area contributed by atoms with E-state index in [1.54, 1.807) is 12.1 Å². The molecule has 0 bridgehead atoms. The SMILES string of the molecule is Cc1nccn1[C@H]1C[C@H]2CN(Cc3cccc(Cl)c3)C[C@H]2C[C@@H]1Oc1ccccc1F. The van der Waals surface area contributed by atoms with Crippen molar-refractivity contribution in [3.63, 3.8) is 0 Å². The summed E-state index contributed by atoms with van der Waals surface area (Å²) < 4.78 is 22.8. The van der Waals surface area contributed by atoms with Gasteiger partial charge < -0.3 is 9.30 Å². The van der Waals surface area contributed by atoms with Crippen molar-refractivity contribution in [2.24, 2.45) is 11.8 Å². The Morgan fingerprint density at radius 1 is 1.10 bits per heavy atom. The second-order valence-corrected chi connectivity index (χ2v) is 9.29. The molecule has 1 saturated heterocycles. The van der Waals surface area contributed by atoms with Gasteiger partial charge in [0, 0.05) is 37.1 Å². The minimum absolute atomic E-state index is 0.0860. The van der Waals surface area contributed by atoms with Gasteiger partial charge in [0.15, 0.2) is 11.6 Å². The minimum atomic E-state index is -0.306. The molecular formula is C25H27ClFN3O. The Bertz CT molecular complexity index is 1050. The molecule has 0 spiro atoms. The molecule has 4 nitrogen and oxygen atoms in total. The largest absolute Gasteiger partial charge is 0.485 e. The zero-order chi connectivity index (χ0) is 21.4. The van der Waals surface area contributed by atoms with Gasteiger partial charge in [0.25, 0.3) is 0 Å². The van der Waals surface area contributed by atoms with Gasteiger partial charge in [-0.15, -0.1) is 0 Å². The first-order valence-corrected chi connectivity index (χ1v) is 11.3. The predicted octanol–water partition coefficient (Wildman–Crippen LogP) is 5.51. The smallest absolute Gasteiger partial charge is 0.165 e. The highest BCUT2D eigenvalue weighted by Crippen LogP contribution is 2.43. The second kappa shape index (κ2) is 8.64. The summed E-state index contributed by atoms with van der Waals surface area (Å²) in [6.07, 6.45) is 5.69. The summed E-state index contributed by atoms with van der Waals surface area (Å²) in [6.45, 7) is 5.02. The summed E-state index contributed by atoms with van der Waals surface area (Å²) in [6, 6.07) is 15.0. The van der Waals surface area contributed by atoms with Crippen molar-refractivity contribution in [3.8, 4) is 5.75 Å². The summed E-state index contributed by atoms with van der Waals surface area (Å²) in [5.41, 5.74) is 1.24. The van der Waals surface area contributed by atoms with Crippen molar-refractivity contribution < 1.29 is 9.13 Å². The molecule has 0 radical (unpaired) electrons. The van der Waals surface area contributed by atoms with Crippen molar-refractivity contribution in [2.45, 2.75) is 38.5 Å². The normalized spacial score (nSPS) is 26.0. The molecule has 1 aliphatic heterocycles. The van der Waals surface area contributed by atoms with E-state index in [4.69, 9.17) is 16.3 Å². The van der Waals surface area contributed by atoms with Gasteiger partial charge >= 0.3 is 0 Å². The lowest BCUT2D eigenvalue weighted by Crippen LogP contribution is -2.40. The summed E-state index contributed by atoms with van der Waals surface area (Å²) >= 11 is 6.18. The minimum Gasteiger partial charge on any atom is -0.485 e. The van der Waals surface area contributed by atoms with Gasteiger partial charge in [-0.1, -0.05) is 35.9 Å². The van der Waals surface area contributed by atoms with E-state index in [0.29, 0.717) is 17.6 Å². The zero-order valence-electron chi connectivity index (χ0n) is 17.6. The fourth-order valence-electron chi connectivity index (χ4n) is 5.37. The molecule has 3 aromatic rings. The summed E-state index contributed by atoms with van der Waals surface area (Å²) in [7, 11) is 0. The Hall–Kier alpha value is -2.37. The molecule has 4 atom stereocenters. The van der Waals surface area contributed by atoms with Gasteiger partial charge in [0.1, 0.15) is 11.9 Å². The molecule has 31 heavy (non-hydrogen) atoms. The first kappa shape index (κ1) is 20.5. The van der Waals surface area contributed by atoms with E-state index >= 15 is 0 Å². The highest BCUT2D eigenvalue weighted by atomic mass is 35.5. The van der Waals surface area contributed by atoms with E-state index in [2.05, 4.69) is 20.5 Å². The van der Waals surface area contributed by atoms with Crippen LogP contribution in [0.1, 0.15) is 30.3 Å². The van der Waals surface area contributed by atoms with Crippen molar-refractivity contribution in [3.05, 3.63) is 83.2 Å². The molecule has 1 saturated carbocycles. The van der Waals surface area contributed by atoms with Gasteiger partial charge in [-0.05, 0) is 61.4 Å². The van der Waals surface area contributed by atoms with Crippen molar-refractivity contribution in [2.75, 3.05) is 13.1 Å². The Labute approximate surface area is 187 Å². The van der Waals surface area contributed by atoms with Gasteiger partial charge in [0.2, 0.25) is 0 Å². The summed E-state index contributed by atoms with van der Waals surface area (Å²) in [5, 5.41) is 0.781. The molecule has 1 aromatic heterocycles. The fraction of sp³-hybridized carbons (Fsp3) is 0.400. The number of fused-ring (bicyclic) bond motifs is 1. The van der Waals surface area contributed by atoms with Crippen LogP contribution in [0.4, 0.5) is 4.39 Å². The van der Waals surface area contributed by atoms with E-state index in [1.807, 2.05) is 43.6 Å². The van der Waals surface area contributed by atoms with Crippen molar-refractivity contribution >= 4 is 11.6 Å². The molecule has 1 aliphatic carbocycles. The number of aromatic nitrogens is 2. The molecule has 2 aliphatic rings. The Morgan fingerprint density at radius 3 is 2.65 bits per heavy atom. The molecule has 162 valence electrons. The second-order valence-electron chi connectivity index (χ2n) is 8.85. The van der Waals surface area contributed by atoms with Gasteiger partial charge in [-0.3, -0.25) is 4.90 Å². The van der Waals surface area contributed by atoms with Crippen LogP contribution >= 0.6 is 11.6 Å². The lowest BCUT2D eigenvalue weighted by molar-refractivity contribution is 0.0509. The predicted molar refractivity (Wildman–Crippen MR) is 120 cm³/mol. The van der Waals surface area contributed by atoms with Crippen LogP contribution in [-0.4, -0.2) is 33.6 Å². The van der Waals surface area contributed by atoms with Gasteiger partial charge in [-0.25, -0.2) is 9.37 Å². The highest BCUT2D eigenvalue weighted by molar-refractivity contribution is 6.30. The first-order valence-electron chi connectivity index (χ1n) is 10.9. The van der Waals surface area contributed by atoms with E-state index in [9.17, 15) is 4.39 Å². The molecule has 0 N–H and O–H groups in total. The van der Waals surface area contributed by atoms with E-state index in [1.165, 1.54) is 11.6 Å². The number of nitrogens with zero attached hydrogens (tertiary/aromatic N) is 3. The molecule has 2 heterocycles. The van der Waals surface area contributed by atoms with Crippen molar-refractivity contribution in [1.82, 2.24) is 14.5 Å². The van der Waals surface area contributed by atoms with Crippen molar-refractivity contribution in [1.29, 1.82) is 0 Å². The van der Waals surface area contributed by atoms with Crippen LogP contribution in [0.15, 0.2) is 60.9 Å². The van der Waals surface area contributed by atoms with Gasteiger partial charge in [0.05, 0.1) is 6.04 Å². The third-order valence-corrected chi connectivity index (χ3v) is 7.03. The number of ether oxygens (including phenoxy) is 1. The third-order valence-electron chi connectivity index (χ3n) is 6.79. The van der Waals surface area contributed by atoms with Crippen LogP contribution in [0.5, 0.6) is 5.75 Å². The number of aryl methyl sites for hydroxylation is 1. The third kappa shape index (κ3) is 4.35. The fourth-order valence-corrected chi connectivity index (χ4v) is 5.58. The summed E-state index contributed by atoms with van der Waals surface area (Å²) in [5.74, 6) is 2.13. The molecule has 0 amide bonds. The number of rotatable bonds is 5.